The Morgan fingerprint density at radius 2 is 1.83 bits per heavy atom. The molecule has 0 bridgehead atoms. The Bertz CT molecular complexity index is 656. The summed E-state index contributed by atoms with van der Waals surface area (Å²) in [7, 11) is -3.93. The van der Waals surface area contributed by atoms with Crippen molar-refractivity contribution in [1.29, 1.82) is 0 Å². The van der Waals surface area contributed by atoms with Crippen molar-refractivity contribution < 1.29 is 32.2 Å². The lowest BCUT2D eigenvalue weighted by Crippen LogP contribution is -2.52. The molecule has 0 aromatic rings. The van der Waals surface area contributed by atoms with E-state index in [-0.39, 0.29) is 17.9 Å². The second-order valence-electron chi connectivity index (χ2n) is 6.78. The normalized spacial score (nSPS) is 19.4. The van der Waals surface area contributed by atoms with Gasteiger partial charge in [-0.25, -0.2) is 18.0 Å². The van der Waals surface area contributed by atoms with Gasteiger partial charge in [-0.15, -0.1) is 0 Å². The molecule has 1 aliphatic heterocycles. The van der Waals surface area contributed by atoms with E-state index in [0.717, 1.165) is 0 Å². The molecule has 9 heteroatoms. The summed E-state index contributed by atoms with van der Waals surface area (Å²) in [5.41, 5.74) is -0.222. The summed E-state index contributed by atoms with van der Waals surface area (Å²) in [4.78, 5) is 24.6. The highest BCUT2D eigenvalue weighted by molar-refractivity contribution is 7.90. The van der Waals surface area contributed by atoms with Crippen LogP contribution < -0.4 is 4.72 Å². The van der Waals surface area contributed by atoms with Crippen molar-refractivity contribution in [1.82, 2.24) is 4.72 Å². The fraction of sp³-hybridized carbons (Fsp3) is 0.733. The molecule has 0 unspecified atom stereocenters. The second kappa shape index (κ2) is 6.72. The van der Waals surface area contributed by atoms with Crippen molar-refractivity contribution in [2.75, 3.05) is 6.61 Å². The lowest BCUT2D eigenvalue weighted by atomic mass is 10.1. The summed E-state index contributed by atoms with van der Waals surface area (Å²) in [6.45, 7) is 10.5. The molecule has 0 amide bonds. The van der Waals surface area contributed by atoms with Gasteiger partial charge in [0.05, 0.1) is 11.4 Å². The zero-order valence-corrected chi connectivity index (χ0v) is 15.9. The molecule has 24 heavy (non-hydrogen) atoms. The predicted molar refractivity (Wildman–Crippen MR) is 86.2 cm³/mol. The summed E-state index contributed by atoms with van der Waals surface area (Å²) in [6, 6.07) is -1.54. The second-order valence-corrected chi connectivity index (χ2v) is 9.25. The van der Waals surface area contributed by atoms with Crippen molar-refractivity contribution in [2.24, 2.45) is 0 Å². The van der Waals surface area contributed by atoms with E-state index in [1.807, 2.05) is 0 Å². The summed E-state index contributed by atoms with van der Waals surface area (Å²) in [6.07, 6.45) is 0. The third-order valence-electron chi connectivity index (χ3n) is 3.23. The largest absolute Gasteiger partial charge is 0.465 e. The van der Waals surface area contributed by atoms with Crippen LogP contribution in [-0.2, 0) is 33.8 Å². The maximum atomic E-state index is 12.4. The number of carbonyl (C=O) groups is 2. The van der Waals surface area contributed by atoms with Gasteiger partial charge in [0.25, 0.3) is 0 Å². The Morgan fingerprint density at radius 1 is 1.29 bits per heavy atom. The molecule has 0 fully saturated rings. The Hall–Kier alpha value is -1.61. The predicted octanol–water partition coefficient (Wildman–Crippen LogP) is 1.22. The maximum Gasteiger partial charge on any atom is 0.342 e. The Balaban J connectivity index is 3.35. The highest BCUT2D eigenvalue weighted by atomic mass is 32.2. The Kier molecular flexibility index (Phi) is 5.72. The summed E-state index contributed by atoms with van der Waals surface area (Å²) in [5.74, 6) is -2.84. The van der Waals surface area contributed by atoms with Gasteiger partial charge in [0.2, 0.25) is 15.8 Å². The topological polar surface area (TPSA) is 108 Å². The van der Waals surface area contributed by atoms with E-state index in [2.05, 4.69) is 4.72 Å². The number of allylic oxidation sites excluding steroid dienone is 1. The minimum Gasteiger partial charge on any atom is -0.465 e. The van der Waals surface area contributed by atoms with Gasteiger partial charge >= 0.3 is 11.9 Å². The van der Waals surface area contributed by atoms with Crippen LogP contribution in [0.1, 0.15) is 48.5 Å². The average molecular weight is 363 g/mol. The van der Waals surface area contributed by atoms with Crippen LogP contribution in [0.25, 0.3) is 0 Å². The van der Waals surface area contributed by atoms with Gasteiger partial charge in [-0.3, -0.25) is 0 Å². The molecule has 138 valence electrons. The summed E-state index contributed by atoms with van der Waals surface area (Å²) >= 11 is 0. The molecule has 0 saturated heterocycles. The van der Waals surface area contributed by atoms with Gasteiger partial charge in [0.1, 0.15) is 11.3 Å². The van der Waals surface area contributed by atoms with Gasteiger partial charge in [-0.2, -0.15) is 4.72 Å². The van der Waals surface area contributed by atoms with Gasteiger partial charge in [0, 0.05) is 13.8 Å². The van der Waals surface area contributed by atoms with Crippen molar-refractivity contribution in [3.05, 3.63) is 11.3 Å². The van der Waals surface area contributed by atoms with Gasteiger partial charge in [0.15, 0.2) is 6.04 Å². The molecule has 1 atom stereocenters. The zero-order valence-electron chi connectivity index (χ0n) is 15.1. The molecule has 1 heterocycles. The number of esters is 2. The Morgan fingerprint density at radius 3 is 2.25 bits per heavy atom. The number of nitrogens with one attached hydrogen (secondary N) is 1. The monoisotopic (exact) mass is 363 g/mol. The molecule has 0 radical (unpaired) electrons. The Labute approximate surface area is 142 Å². The van der Waals surface area contributed by atoms with Gasteiger partial charge in [-0.1, -0.05) is 0 Å². The molecule has 0 saturated carbocycles. The molecule has 0 aromatic carbocycles. The fourth-order valence-electron chi connectivity index (χ4n) is 1.97. The lowest BCUT2D eigenvalue weighted by molar-refractivity contribution is -0.208. The highest BCUT2D eigenvalue weighted by Gasteiger charge is 2.44. The maximum absolute atomic E-state index is 12.4. The number of rotatable bonds is 5. The third kappa shape index (κ3) is 4.47. The van der Waals surface area contributed by atoms with E-state index in [0.29, 0.717) is 0 Å². The van der Waals surface area contributed by atoms with Crippen molar-refractivity contribution in [3.8, 4) is 0 Å². The van der Waals surface area contributed by atoms with E-state index >= 15 is 0 Å². The molecule has 8 nitrogen and oxygen atoms in total. The van der Waals surface area contributed by atoms with Crippen LogP contribution in [0.2, 0.25) is 0 Å². The number of cyclic esters (lactones) is 1. The van der Waals surface area contributed by atoms with Gasteiger partial charge < -0.3 is 14.2 Å². The van der Waals surface area contributed by atoms with Gasteiger partial charge in [-0.05, 0) is 34.6 Å². The first-order valence-electron chi connectivity index (χ1n) is 7.53. The van der Waals surface area contributed by atoms with Crippen LogP contribution in [0.4, 0.5) is 0 Å². The fourth-order valence-corrected chi connectivity index (χ4v) is 2.85. The average Bonchev–Trinajstić information content (AvgIpc) is 2.33. The molecular weight excluding hydrogens is 338 g/mol. The van der Waals surface area contributed by atoms with E-state index in [4.69, 9.17) is 14.2 Å². The molecule has 1 aliphatic rings. The van der Waals surface area contributed by atoms with E-state index < -0.39 is 38.5 Å². The van der Waals surface area contributed by atoms with Crippen molar-refractivity contribution in [3.63, 3.8) is 0 Å². The van der Waals surface area contributed by atoms with E-state index in [1.165, 1.54) is 41.5 Å². The highest BCUT2D eigenvalue weighted by Crippen LogP contribution is 2.29. The first-order chi connectivity index (χ1) is 10.7. The number of carbonyl (C=O) groups excluding carboxylic acids is 2. The van der Waals surface area contributed by atoms with Crippen LogP contribution >= 0.6 is 0 Å². The zero-order chi connectivity index (χ0) is 18.9. The third-order valence-corrected chi connectivity index (χ3v) is 5.39. The molecular formula is C15H25NO7S. The van der Waals surface area contributed by atoms with Crippen LogP contribution in [0.3, 0.4) is 0 Å². The standard InChI is InChI=1S/C15H25NO7S/c1-8-21-13(18)11(16-24(19,20)14(3,4)5)10-9(2)22-15(6,7)23-12(10)17/h11,16H,8H2,1-7H3/t11-/m1/s1. The smallest absolute Gasteiger partial charge is 0.342 e. The minimum atomic E-state index is -3.93. The quantitative estimate of drug-likeness (QED) is 0.732. The first-order valence-corrected chi connectivity index (χ1v) is 9.02. The number of hydrogen-bond acceptors (Lipinski definition) is 7. The lowest BCUT2D eigenvalue weighted by Gasteiger charge is -2.34. The van der Waals surface area contributed by atoms with Crippen LogP contribution in [-0.4, -0.2) is 43.5 Å². The summed E-state index contributed by atoms with van der Waals surface area (Å²) in [5, 5.41) is 0. The number of sulfonamides is 1. The molecule has 0 spiro atoms. The molecule has 0 aromatic heterocycles. The van der Waals surface area contributed by atoms with E-state index in [9.17, 15) is 18.0 Å². The SMILES string of the molecule is CCOC(=O)[C@H](NS(=O)(=O)C(C)(C)C)C1=C(C)OC(C)(C)OC1=O. The summed E-state index contributed by atoms with van der Waals surface area (Å²) < 4.78 is 41.4. The van der Waals surface area contributed by atoms with E-state index in [1.54, 1.807) is 6.92 Å². The molecule has 1 rings (SSSR count). The number of ether oxygens (including phenoxy) is 3. The molecule has 0 aliphatic carbocycles. The van der Waals surface area contributed by atoms with Crippen molar-refractivity contribution in [2.45, 2.75) is 65.0 Å². The minimum absolute atomic E-state index is 0.0281. The van der Waals surface area contributed by atoms with Crippen LogP contribution in [0.5, 0.6) is 0 Å². The van der Waals surface area contributed by atoms with Crippen molar-refractivity contribution >= 4 is 22.0 Å². The molecule has 1 N–H and O–H groups in total. The van der Waals surface area contributed by atoms with Crippen LogP contribution in [0.15, 0.2) is 11.3 Å². The van der Waals surface area contributed by atoms with Crippen LogP contribution in [0, 0.1) is 0 Å². The number of hydrogen-bond donors (Lipinski definition) is 1. The first kappa shape index (κ1) is 20.4.